The molecule has 1 rings (SSSR count). The van der Waals surface area contributed by atoms with Crippen LogP contribution in [-0.4, -0.2) is 11.9 Å². The molecule has 2 heteroatoms. The van der Waals surface area contributed by atoms with Crippen molar-refractivity contribution in [2.45, 2.75) is 90.5 Å². The summed E-state index contributed by atoms with van der Waals surface area (Å²) in [6.45, 7) is 4.35. The molecule has 1 unspecified atom stereocenters. The van der Waals surface area contributed by atoms with Crippen LogP contribution in [0, 0.1) is 5.92 Å². The molecule has 1 atom stereocenters. The molecule has 0 aromatic carbocycles. The third kappa shape index (κ3) is 7.03. The highest BCUT2D eigenvalue weighted by atomic mass is 16.1. The Hall–Kier alpha value is -0.530. The number of carbonyl (C=O) groups excluding carboxylic acids is 1. The van der Waals surface area contributed by atoms with Gasteiger partial charge in [0, 0.05) is 12.5 Å². The molecule has 1 saturated carbocycles. The number of nitrogens with one attached hydrogen (secondary N) is 1. The van der Waals surface area contributed by atoms with Crippen LogP contribution in [0.25, 0.3) is 0 Å². The maximum Gasteiger partial charge on any atom is 0.220 e. The number of rotatable bonds is 8. The molecule has 0 aromatic rings. The fourth-order valence-electron chi connectivity index (χ4n) is 2.93. The molecule has 0 heterocycles. The summed E-state index contributed by atoms with van der Waals surface area (Å²) in [7, 11) is 0. The molecule has 0 saturated heterocycles. The molecule has 0 radical (unpaired) electrons. The van der Waals surface area contributed by atoms with Crippen LogP contribution in [0.15, 0.2) is 0 Å². The van der Waals surface area contributed by atoms with Gasteiger partial charge in [-0.3, -0.25) is 4.79 Å². The molecule has 2 nitrogen and oxygen atoms in total. The zero-order valence-corrected chi connectivity index (χ0v) is 12.3. The van der Waals surface area contributed by atoms with Crippen molar-refractivity contribution in [2.75, 3.05) is 0 Å². The zero-order valence-electron chi connectivity index (χ0n) is 12.3. The van der Waals surface area contributed by atoms with E-state index in [4.69, 9.17) is 0 Å². The van der Waals surface area contributed by atoms with Crippen LogP contribution in [0.5, 0.6) is 0 Å². The lowest BCUT2D eigenvalue weighted by atomic mass is 9.86. The summed E-state index contributed by atoms with van der Waals surface area (Å²) in [6.07, 6.45) is 13.6. The maximum absolute atomic E-state index is 11.8. The molecular weight excluding hydrogens is 222 g/mol. The molecular formula is C16H31NO. The maximum atomic E-state index is 11.8. The monoisotopic (exact) mass is 253 g/mol. The van der Waals surface area contributed by atoms with Crippen molar-refractivity contribution in [3.8, 4) is 0 Å². The first-order chi connectivity index (χ1) is 8.72. The van der Waals surface area contributed by atoms with Gasteiger partial charge in [-0.2, -0.15) is 0 Å². The van der Waals surface area contributed by atoms with E-state index in [1.54, 1.807) is 0 Å². The lowest BCUT2D eigenvalue weighted by molar-refractivity contribution is -0.122. The van der Waals surface area contributed by atoms with Crippen LogP contribution in [-0.2, 0) is 4.79 Å². The standard InChI is InChI=1S/C16H31NO/c1-3-4-6-9-14(2)17-16(18)13-12-15-10-7-5-8-11-15/h14-15H,3-13H2,1-2H3,(H,17,18). The molecule has 0 aromatic heterocycles. The van der Waals surface area contributed by atoms with Crippen molar-refractivity contribution in [2.24, 2.45) is 5.92 Å². The second-order valence-electron chi connectivity index (χ2n) is 6.01. The van der Waals surface area contributed by atoms with Crippen molar-refractivity contribution >= 4 is 5.91 Å². The molecule has 1 fully saturated rings. The first-order valence-electron chi connectivity index (χ1n) is 8.01. The Morgan fingerprint density at radius 1 is 1.22 bits per heavy atom. The van der Waals surface area contributed by atoms with Crippen molar-refractivity contribution in [1.82, 2.24) is 5.32 Å². The topological polar surface area (TPSA) is 29.1 Å². The van der Waals surface area contributed by atoms with Crippen molar-refractivity contribution in [3.63, 3.8) is 0 Å². The Labute approximate surface area is 113 Å². The number of hydrogen-bond acceptors (Lipinski definition) is 1. The molecule has 0 spiro atoms. The predicted octanol–water partition coefficient (Wildman–Crippen LogP) is 4.43. The van der Waals surface area contributed by atoms with Crippen LogP contribution in [0.1, 0.15) is 84.5 Å². The van der Waals surface area contributed by atoms with Gasteiger partial charge in [0.05, 0.1) is 0 Å². The molecule has 1 aliphatic rings. The fraction of sp³-hybridized carbons (Fsp3) is 0.938. The summed E-state index contributed by atoms with van der Waals surface area (Å²) in [6, 6.07) is 0.357. The van der Waals surface area contributed by atoms with E-state index in [-0.39, 0.29) is 5.91 Å². The number of hydrogen-bond donors (Lipinski definition) is 1. The van der Waals surface area contributed by atoms with Crippen LogP contribution in [0.4, 0.5) is 0 Å². The first kappa shape index (κ1) is 15.5. The summed E-state index contributed by atoms with van der Waals surface area (Å²) >= 11 is 0. The average molecular weight is 253 g/mol. The molecule has 1 aliphatic carbocycles. The molecule has 0 bridgehead atoms. The smallest absolute Gasteiger partial charge is 0.220 e. The Morgan fingerprint density at radius 2 is 1.94 bits per heavy atom. The normalized spacial score (nSPS) is 18.6. The highest BCUT2D eigenvalue weighted by molar-refractivity contribution is 5.76. The van der Waals surface area contributed by atoms with Gasteiger partial charge in [0.25, 0.3) is 0 Å². The van der Waals surface area contributed by atoms with Gasteiger partial charge in [-0.05, 0) is 25.7 Å². The number of amides is 1. The van der Waals surface area contributed by atoms with E-state index in [2.05, 4.69) is 19.2 Å². The Kier molecular flexibility index (Phi) is 8.11. The van der Waals surface area contributed by atoms with E-state index >= 15 is 0 Å². The van der Waals surface area contributed by atoms with Crippen molar-refractivity contribution in [1.29, 1.82) is 0 Å². The summed E-state index contributed by atoms with van der Waals surface area (Å²) in [5.74, 6) is 1.09. The van der Waals surface area contributed by atoms with E-state index in [1.165, 1.54) is 51.4 Å². The van der Waals surface area contributed by atoms with E-state index in [1.807, 2.05) is 0 Å². The fourth-order valence-corrected chi connectivity index (χ4v) is 2.93. The second-order valence-corrected chi connectivity index (χ2v) is 6.01. The van der Waals surface area contributed by atoms with Gasteiger partial charge in [0.2, 0.25) is 5.91 Å². The predicted molar refractivity (Wildman–Crippen MR) is 77.6 cm³/mol. The Morgan fingerprint density at radius 3 is 2.61 bits per heavy atom. The number of carbonyl (C=O) groups is 1. The van der Waals surface area contributed by atoms with E-state index in [0.29, 0.717) is 6.04 Å². The minimum atomic E-state index is 0.268. The third-order valence-electron chi connectivity index (χ3n) is 4.15. The van der Waals surface area contributed by atoms with Gasteiger partial charge in [0.15, 0.2) is 0 Å². The first-order valence-corrected chi connectivity index (χ1v) is 8.01. The van der Waals surface area contributed by atoms with Gasteiger partial charge in [-0.25, -0.2) is 0 Å². The minimum absolute atomic E-state index is 0.268. The van der Waals surface area contributed by atoms with E-state index < -0.39 is 0 Å². The molecule has 106 valence electrons. The summed E-state index contributed by atoms with van der Waals surface area (Å²) in [5, 5.41) is 3.14. The van der Waals surface area contributed by atoms with Crippen molar-refractivity contribution in [3.05, 3.63) is 0 Å². The van der Waals surface area contributed by atoms with Gasteiger partial charge < -0.3 is 5.32 Å². The highest BCUT2D eigenvalue weighted by Gasteiger charge is 2.15. The van der Waals surface area contributed by atoms with Crippen LogP contribution < -0.4 is 5.32 Å². The average Bonchev–Trinajstić information content (AvgIpc) is 2.38. The lowest BCUT2D eigenvalue weighted by Crippen LogP contribution is -2.32. The SMILES string of the molecule is CCCCCC(C)NC(=O)CCC1CCCCC1. The zero-order chi connectivity index (χ0) is 13.2. The minimum Gasteiger partial charge on any atom is -0.354 e. The molecule has 1 amide bonds. The van der Waals surface area contributed by atoms with Crippen molar-refractivity contribution < 1.29 is 4.79 Å². The van der Waals surface area contributed by atoms with Gasteiger partial charge >= 0.3 is 0 Å². The van der Waals surface area contributed by atoms with Gasteiger partial charge in [0.1, 0.15) is 0 Å². The Bertz CT molecular complexity index is 221. The molecule has 18 heavy (non-hydrogen) atoms. The number of unbranched alkanes of at least 4 members (excludes halogenated alkanes) is 2. The molecule has 0 aliphatic heterocycles. The van der Waals surface area contributed by atoms with E-state index in [0.717, 1.165) is 25.2 Å². The summed E-state index contributed by atoms with van der Waals surface area (Å²) < 4.78 is 0. The van der Waals surface area contributed by atoms with Crippen LogP contribution in [0.3, 0.4) is 0 Å². The molecule has 1 N–H and O–H groups in total. The lowest BCUT2D eigenvalue weighted by Gasteiger charge is -2.21. The van der Waals surface area contributed by atoms with Gasteiger partial charge in [-0.15, -0.1) is 0 Å². The third-order valence-corrected chi connectivity index (χ3v) is 4.15. The van der Waals surface area contributed by atoms with Crippen LogP contribution >= 0.6 is 0 Å². The second kappa shape index (κ2) is 9.41. The largest absolute Gasteiger partial charge is 0.354 e. The quantitative estimate of drug-likeness (QED) is 0.637. The highest BCUT2D eigenvalue weighted by Crippen LogP contribution is 2.27. The summed E-state index contributed by atoms with van der Waals surface area (Å²) in [4.78, 5) is 11.8. The summed E-state index contributed by atoms with van der Waals surface area (Å²) in [5.41, 5.74) is 0. The van der Waals surface area contributed by atoms with Gasteiger partial charge in [-0.1, -0.05) is 58.3 Å². The van der Waals surface area contributed by atoms with Crippen LogP contribution in [0.2, 0.25) is 0 Å². The Balaban J connectivity index is 2.05. The van der Waals surface area contributed by atoms with E-state index in [9.17, 15) is 4.79 Å².